The Morgan fingerprint density at radius 3 is 2.42 bits per heavy atom. The first-order chi connectivity index (χ1) is 9.17. The number of carbonyl (C=O) groups excluding carboxylic acids is 1. The van der Waals surface area contributed by atoms with Crippen molar-refractivity contribution in [2.45, 2.75) is 20.3 Å². The third-order valence-electron chi connectivity index (χ3n) is 3.15. The molecular weight excluding hydrogens is 242 g/mol. The maximum atomic E-state index is 12.0. The van der Waals surface area contributed by atoms with Gasteiger partial charge in [0, 0.05) is 38.4 Å². The number of ether oxygens (including phenoxy) is 2. The molecular formula is C15H23NO3. The summed E-state index contributed by atoms with van der Waals surface area (Å²) in [6.07, 6.45) is 0.372. The number of ketones is 1. The molecule has 0 radical (unpaired) electrons. The number of Topliss-reactive ketones (excluding diaryl/α,β-unsaturated/α-hetero) is 1. The van der Waals surface area contributed by atoms with Crippen molar-refractivity contribution < 1.29 is 14.3 Å². The van der Waals surface area contributed by atoms with Gasteiger partial charge in [-0.2, -0.15) is 0 Å². The Bertz CT molecular complexity index is 414. The summed E-state index contributed by atoms with van der Waals surface area (Å²) in [5.74, 6) is 0.676. The van der Waals surface area contributed by atoms with Gasteiger partial charge in [-0.1, -0.05) is 0 Å². The minimum Gasteiger partial charge on any atom is -0.496 e. The largest absolute Gasteiger partial charge is 0.496 e. The number of carbonyl (C=O) groups is 1. The molecule has 0 saturated heterocycles. The van der Waals surface area contributed by atoms with Crippen LogP contribution in [0.3, 0.4) is 0 Å². The smallest absolute Gasteiger partial charge is 0.168 e. The van der Waals surface area contributed by atoms with Gasteiger partial charge in [0.15, 0.2) is 5.78 Å². The lowest BCUT2D eigenvalue weighted by Gasteiger charge is -2.22. The van der Waals surface area contributed by atoms with Gasteiger partial charge in [0.05, 0.1) is 19.3 Å². The van der Waals surface area contributed by atoms with Crippen LogP contribution >= 0.6 is 0 Å². The van der Waals surface area contributed by atoms with Gasteiger partial charge in [-0.05, 0) is 26.0 Å². The summed E-state index contributed by atoms with van der Waals surface area (Å²) in [5.41, 5.74) is 1.69. The maximum absolute atomic E-state index is 12.0. The molecule has 0 aliphatic rings. The molecule has 0 amide bonds. The minimum absolute atomic E-state index is 0.0461. The number of hydrogen-bond acceptors (Lipinski definition) is 4. The van der Waals surface area contributed by atoms with Crippen LogP contribution in [-0.4, -0.2) is 39.7 Å². The van der Waals surface area contributed by atoms with Crippen LogP contribution < -0.4 is 9.64 Å². The predicted molar refractivity (Wildman–Crippen MR) is 77.4 cm³/mol. The van der Waals surface area contributed by atoms with Crippen LogP contribution in [0.25, 0.3) is 0 Å². The van der Waals surface area contributed by atoms with Crippen molar-refractivity contribution in [2.75, 3.05) is 38.8 Å². The van der Waals surface area contributed by atoms with E-state index in [0.717, 1.165) is 18.8 Å². The summed E-state index contributed by atoms with van der Waals surface area (Å²) in [5, 5.41) is 0. The second kappa shape index (κ2) is 7.79. The molecule has 0 heterocycles. The SMILES string of the molecule is CCN(CC)c1ccc(C(=O)CCOC)c(OC)c1. The number of nitrogens with zero attached hydrogens (tertiary/aromatic N) is 1. The fraction of sp³-hybridized carbons (Fsp3) is 0.533. The average molecular weight is 265 g/mol. The Hall–Kier alpha value is -1.55. The number of benzene rings is 1. The van der Waals surface area contributed by atoms with Crippen LogP contribution in [0.1, 0.15) is 30.6 Å². The van der Waals surface area contributed by atoms with E-state index >= 15 is 0 Å². The van der Waals surface area contributed by atoms with Gasteiger partial charge in [0.1, 0.15) is 5.75 Å². The molecule has 0 unspecified atom stereocenters. The monoisotopic (exact) mass is 265 g/mol. The molecule has 0 bridgehead atoms. The van der Waals surface area contributed by atoms with Crippen LogP contribution in [0.5, 0.6) is 5.75 Å². The molecule has 0 aliphatic heterocycles. The zero-order valence-electron chi connectivity index (χ0n) is 12.2. The summed E-state index contributed by atoms with van der Waals surface area (Å²) >= 11 is 0. The molecule has 0 saturated carbocycles. The normalized spacial score (nSPS) is 10.3. The zero-order valence-corrected chi connectivity index (χ0v) is 12.2. The van der Waals surface area contributed by atoms with Crippen molar-refractivity contribution in [2.24, 2.45) is 0 Å². The number of rotatable bonds is 8. The van der Waals surface area contributed by atoms with E-state index in [2.05, 4.69) is 18.7 Å². The van der Waals surface area contributed by atoms with Crippen LogP contribution in [0.15, 0.2) is 18.2 Å². The zero-order chi connectivity index (χ0) is 14.3. The van der Waals surface area contributed by atoms with Crippen molar-refractivity contribution in [1.82, 2.24) is 0 Å². The maximum Gasteiger partial charge on any atom is 0.168 e. The van der Waals surface area contributed by atoms with Gasteiger partial charge in [0.2, 0.25) is 0 Å². The molecule has 0 atom stereocenters. The molecule has 0 spiro atoms. The molecule has 0 aliphatic carbocycles. The third kappa shape index (κ3) is 3.96. The average Bonchev–Trinajstić information content (AvgIpc) is 2.45. The van der Waals surface area contributed by atoms with E-state index in [1.165, 1.54) is 0 Å². The van der Waals surface area contributed by atoms with Gasteiger partial charge >= 0.3 is 0 Å². The van der Waals surface area contributed by atoms with Crippen molar-refractivity contribution in [3.8, 4) is 5.75 Å². The van der Waals surface area contributed by atoms with Gasteiger partial charge in [0.25, 0.3) is 0 Å². The van der Waals surface area contributed by atoms with E-state index in [1.54, 1.807) is 14.2 Å². The van der Waals surface area contributed by atoms with Crippen molar-refractivity contribution in [3.63, 3.8) is 0 Å². The Morgan fingerprint density at radius 2 is 1.89 bits per heavy atom. The van der Waals surface area contributed by atoms with E-state index in [9.17, 15) is 4.79 Å². The summed E-state index contributed by atoms with van der Waals surface area (Å²) in [7, 11) is 3.18. The Morgan fingerprint density at radius 1 is 1.21 bits per heavy atom. The quantitative estimate of drug-likeness (QED) is 0.677. The van der Waals surface area contributed by atoms with Gasteiger partial charge < -0.3 is 14.4 Å². The van der Waals surface area contributed by atoms with E-state index in [-0.39, 0.29) is 5.78 Å². The summed E-state index contributed by atoms with van der Waals surface area (Å²) in [6, 6.07) is 5.73. The molecule has 0 aromatic heterocycles. The first-order valence-electron chi connectivity index (χ1n) is 6.63. The minimum atomic E-state index is 0.0461. The molecule has 0 N–H and O–H groups in total. The lowest BCUT2D eigenvalue weighted by molar-refractivity contribution is 0.0929. The highest BCUT2D eigenvalue weighted by Crippen LogP contribution is 2.26. The Kier molecular flexibility index (Phi) is 6.36. The molecule has 1 aromatic rings. The first kappa shape index (κ1) is 15.5. The highest BCUT2D eigenvalue weighted by molar-refractivity contribution is 5.99. The number of methoxy groups -OCH3 is 2. The van der Waals surface area contributed by atoms with Crippen molar-refractivity contribution in [3.05, 3.63) is 23.8 Å². The van der Waals surface area contributed by atoms with Crippen LogP contribution in [0.2, 0.25) is 0 Å². The van der Waals surface area contributed by atoms with Gasteiger partial charge in [-0.25, -0.2) is 0 Å². The second-order valence-electron chi connectivity index (χ2n) is 4.22. The van der Waals surface area contributed by atoms with E-state index in [1.807, 2.05) is 18.2 Å². The standard InChI is InChI=1S/C15H23NO3/c1-5-16(6-2)12-7-8-13(15(11-12)19-4)14(17)9-10-18-3/h7-8,11H,5-6,9-10H2,1-4H3. The summed E-state index contributed by atoms with van der Waals surface area (Å²) in [6.45, 7) is 6.49. The third-order valence-corrected chi connectivity index (χ3v) is 3.15. The molecule has 4 nitrogen and oxygen atoms in total. The fourth-order valence-corrected chi connectivity index (χ4v) is 2.03. The van der Waals surface area contributed by atoms with Crippen molar-refractivity contribution >= 4 is 11.5 Å². The Labute approximate surface area is 115 Å². The van der Waals surface area contributed by atoms with E-state index in [4.69, 9.17) is 9.47 Å². The van der Waals surface area contributed by atoms with Crippen molar-refractivity contribution in [1.29, 1.82) is 0 Å². The number of anilines is 1. The Balaban J connectivity index is 2.99. The van der Waals surface area contributed by atoms with Crippen LogP contribution in [-0.2, 0) is 4.74 Å². The lowest BCUT2D eigenvalue weighted by atomic mass is 10.1. The van der Waals surface area contributed by atoms with Gasteiger partial charge in [-0.3, -0.25) is 4.79 Å². The summed E-state index contributed by atoms with van der Waals surface area (Å²) in [4.78, 5) is 14.2. The van der Waals surface area contributed by atoms with Gasteiger partial charge in [-0.15, -0.1) is 0 Å². The highest BCUT2D eigenvalue weighted by atomic mass is 16.5. The number of hydrogen-bond donors (Lipinski definition) is 0. The molecule has 4 heteroatoms. The first-order valence-corrected chi connectivity index (χ1v) is 6.63. The molecule has 0 fully saturated rings. The van der Waals surface area contributed by atoms with E-state index < -0.39 is 0 Å². The second-order valence-corrected chi connectivity index (χ2v) is 4.22. The molecule has 106 valence electrons. The highest BCUT2D eigenvalue weighted by Gasteiger charge is 2.14. The lowest BCUT2D eigenvalue weighted by Crippen LogP contribution is -2.22. The molecule has 1 aromatic carbocycles. The fourth-order valence-electron chi connectivity index (χ4n) is 2.03. The molecule has 1 rings (SSSR count). The summed E-state index contributed by atoms with van der Waals surface area (Å²) < 4.78 is 10.3. The van der Waals surface area contributed by atoms with Crippen LogP contribution in [0, 0.1) is 0 Å². The van der Waals surface area contributed by atoms with E-state index in [0.29, 0.717) is 24.3 Å². The predicted octanol–water partition coefficient (Wildman–Crippen LogP) is 2.76. The van der Waals surface area contributed by atoms with Crippen LogP contribution in [0.4, 0.5) is 5.69 Å². The topological polar surface area (TPSA) is 38.8 Å². The molecule has 19 heavy (non-hydrogen) atoms.